The Labute approximate surface area is 79.0 Å². The molecule has 0 spiro atoms. The molecule has 2 atom stereocenters. The molecule has 2 rings (SSSR count). The first-order chi connectivity index (χ1) is 6.08. The van der Waals surface area contributed by atoms with E-state index < -0.39 is 11.4 Å². The zero-order valence-electron chi connectivity index (χ0n) is 8.38. The molecule has 1 aliphatic carbocycles. The Bertz CT molecular complexity index is 198. The van der Waals surface area contributed by atoms with Crippen molar-refractivity contribution >= 4 is 0 Å². The Balaban J connectivity index is 1.91. The summed E-state index contributed by atoms with van der Waals surface area (Å²) >= 11 is 0. The molecule has 1 aliphatic heterocycles. The van der Waals surface area contributed by atoms with Crippen LogP contribution in [-0.2, 0) is 9.47 Å². The van der Waals surface area contributed by atoms with Crippen LogP contribution >= 0.6 is 0 Å². The smallest absolute Gasteiger partial charge is 0.168 e. The molecule has 2 unspecified atom stereocenters. The minimum Gasteiger partial charge on any atom is -0.389 e. The highest BCUT2D eigenvalue weighted by Gasteiger charge is 2.56. The molecule has 0 aromatic carbocycles. The minimum absolute atomic E-state index is 0.456. The van der Waals surface area contributed by atoms with E-state index in [0.717, 1.165) is 12.8 Å². The largest absolute Gasteiger partial charge is 0.389 e. The third kappa shape index (κ3) is 1.73. The maximum atomic E-state index is 10.1. The molecule has 1 heterocycles. The van der Waals surface area contributed by atoms with Crippen molar-refractivity contribution in [1.82, 2.24) is 0 Å². The van der Waals surface area contributed by atoms with E-state index in [2.05, 4.69) is 6.92 Å². The van der Waals surface area contributed by atoms with Gasteiger partial charge in [-0.25, -0.2) is 0 Å². The molecule has 1 N–H and O–H groups in total. The van der Waals surface area contributed by atoms with E-state index in [9.17, 15) is 5.11 Å². The van der Waals surface area contributed by atoms with Crippen LogP contribution in [0, 0.1) is 5.92 Å². The summed E-state index contributed by atoms with van der Waals surface area (Å²) in [5.74, 6) is -0.0734. The van der Waals surface area contributed by atoms with Crippen LogP contribution < -0.4 is 0 Å². The van der Waals surface area contributed by atoms with Crippen LogP contribution in [0.3, 0.4) is 0 Å². The molecule has 76 valence electrons. The maximum Gasteiger partial charge on any atom is 0.168 e. The third-order valence-electron chi connectivity index (χ3n) is 3.22. The first kappa shape index (κ1) is 9.44. The molecule has 2 fully saturated rings. The molecule has 1 saturated carbocycles. The van der Waals surface area contributed by atoms with E-state index in [1.807, 2.05) is 6.92 Å². The Kier molecular flexibility index (Phi) is 2.13. The lowest BCUT2D eigenvalue weighted by molar-refractivity contribution is -0.168. The van der Waals surface area contributed by atoms with Crippen LogP contribution in [0.15, 0.2) is 0 Å². The van der Waals surface area contributed by atoms with E-state index >= 15 is 0 Å². The molecule has 13 heavy (non-hydrogen) atoms. The van der Waals surface area contributed by atoms with Gasteiger partial charge in [0.2, 0.25) is 0 Å². The predicted molar refractivity (Wildman–Crippen MR) is 48.3 cm³/mol. The second-order valence-electron chi connectivity index (χ2n) is 4.42. The first-order valence-corrected chi connectivity index (χ1v) is 5.08. The molecule has 0 radical (unpaired) electrons. The van der Waals surface area contributed by atoms with Gasteiger partial charge in [0.25, 0.3) is 0 Å². The van der Waals surface area contributed by atoms with Gasteiger partial charge in [-0.3, -0.25) is 0 Å². The van der Waals surface area contributed by atoms with Crippen molar-refractivity contribution in [2.24, 2.45) is 5.92 Å². The van der Waals surface area contributed by atoms with E-state index in [4.69, 9.17) is 9.47 Å². The van der Waals surface area contributed by atoms with Crippen molar-refractivity contribution in [1.29, 1.82) is 0 Å². The summed E-state index contributed by atoms with van der Waals surface area (Å²) in [6.45, 7) is 5.34. The van der Waals surface area contributed by atoms with Crippen molar-refractivity contribution < 1.29 is 14.6 Å². The lowest BCUT2D eigenvalue weighted by Crippen LogP contribution is -2.33. The van der Waals surface area contributed by atoms with Crippen LogP contribution in [0.1, 0.15) is 33.1 Å². The average Bonchev–Trinajstić information content (AvgIpc) is 2.49. The van der Waals surface area contributed by atoms with E-state index in [0.29, 0.717) is 25.6 Å². The number of ether oxygens (including phenoxy) is 2. The molecule has 3 heteroatoms. The van der Waals surface area contributed by atoms with Crippen molar-refractivity contribution in [2.75, 3.05) is 13.2 Å². The van der Waals surface area contributed by atoms with Crippen LogP contribution in [-0.4, -0.2) is 29.7 Å². The third-order valence-corrected chi connectivity index (χ3v) is 3.22. The summed E-state index contributed by atoms with van der Waals surface area (Å²) in [7, 11) is 0. The van der Waals surface area contributed by atoms with E-state index in [1.165, 1.54) is 0 Å². The summed E-state index contributed by atoms with van der Waals surface area (Å²) in [5, 5.41) is 10.1. The second kappa shape index (κ2) is 2.94. The molecule has 0 amide bonds. The molecular weight excluding hydrogens is 168 g/mol. The molecule has 2 aliphatic rings. The van der Waals surface area contributed by atoms with Gasteiger partial charge in [0.15, 0.2) is 5.79 Å². The van der Waals surface area contributed by atoms with E-state index in [1.54, 1.807) is 0 Å². The van der Waals surface area contributed by atoms with Gasteiger partial charge >= 0.3 is 0 Å². The Morgan fingerprint density at radius 2 is 2.00 bits per heavy atom. The number of rotatable bonds is 3. The summed E-state index contributed by atoms with van der Waals surface area (Å²) < 4.78 is 10.9. The zero-order valence-corrected chi connectivity index (χ0v) is 8.38. The standard InChI is InChI=1S/C10H18O3/c1-3-8-6-10(8,11)7-9(2)12-4-5-13-9/h8,11H,3-7H2,1-2H3. The van der Waals surface area contributed by atoms with Gasteiger partial charge in [-0.2, -0.15) is 0 Å². The number of hydrogen-bond acceptors (Lipinski definition) is 3. The molecule has 0 aromatic heterocycles. The highest BCUT2D eigenvalue weighted by molar-refractivity contribution is 5.05. The second-order valence-corrected chi connectivity index (χ2v) is 4.42. The fraction of sp³-hybridized carbons (Fsp3) is 1.00. The Morgan fingerprint density at radius 1 is 1.38 bits per heavy atom. The van der Waals surface area contributed by atoms with Crippen molar-refractivity contribution in [2.45, 2.75) is 44.5 Å². The fourth-order valence-electron chi connectivity index (χ4n) is 2.32. The molecule has 0 bridgehead atoms. The van der Waals surface area contributed by atoms with Crippen molar-refractivity contribution in [3.63, 3.8) is 0 Å². The van der Waals surface area contributed by atoms with Crippen LogP contribution in [0.4, 0.5) is 0 Å². The van der Waals surface area contributed by atoms with Gasteiger partial charge in [-0.15, -0.1) is 0 Å². The predicted octanol–water partition coefficient (Wildman–Crippen LogP) is 1.30. The summed E-state index contributed by atoms with van der Waals surface area (Å²) in [4.78, 5) is 0. The Morgan fingerprint density at radius 3 is 2.46 bits per heavy atom. The maximum absolute atomic E-state index is 10.1. The number of aliphatic hydroxyl groups is 1. The van der Waals surface area contributed by atoms with Gasteiger partial charge in [0.05, 0.1) is 18.8 Å². The summed E-state index contributed by atoms with van der Waals surface area (Å²) in [6, 6.07) is 0. The molecular formula is C10H18O3. The average molecular weight is 186 g/mol. The fourth-order valence-corrected chi connectivity index (χ4v) is 2.32. The van der Waals surface area contributed by atoms with Crippen LogP contribution in [0.25, 0.3) is 0 Å². The van der Waals surface area contributed by atoms with E-state index in [-0.39, 0.29) is 0 Å². The SMILES string of the molecule is CCC1CC1(O)CC1(C)OCCO1. The summed E-state index contributed by atoms with van der Waals surface area (Å²) in [5.41, 5.74) is -0.506. The van der Waals surface area contributed by atoms with Gasteiger partial charge in [-0.1, -0.05) is 13.3 Å². The quantitative estimate of drug-likeness (QED) is 0.722. The lowest BCUT2D eigenvalue weighted by atomic mass is 10.1. The van der Waals surface area contributed by atoms with Crippen LogP contribution in [0.2, 0.25) is 0 Å². The van der Waals surface area contributed by atoms with Crippen molar-refractivity contribution in [3.8, 4) is 0 Å². The lowest BCUT2D eigenvalue weighted by Gasteiger charge is -2.25. The van der Waals surface area contributed by atoms with Gasteiger partial charge in [0.1, 0.15) is 0 Å². The van der Waals surface area contributed by atoms with Crippen molar-refractivity contribution in [3.05, 3.63) is 0 Å². The van der Waals surface area contributed by atoms with Gasteiger partial charge in [0, 0.05) is 6.42 Å². The summed E-state index contributed by atoms with van der Waals surface area (Å²) in [6.07, 6.45) is 2.58. The topological polar surface area (TPSA) is 38.7 Å². The normalized spacial score (nSPS) is 42.2. The molecule has 3 nitrogen and oxygen atoms in total. The van der Waals surface area contributed by atoms with Gasteiger partial charge in [-0.05, 0) is 19.3 Å². The zero-order chi connectivity index (χ0) is 9.53. The van der Waals surface area contributed by atoms with Gasteiger partial charge < -0.3 is 14.6 Å². The minimum atomic E-state index is -0.529. The monoisotopic (exact) mass is 186 g/mol. The molecule has 0 aromatic rings. The Hall–Kier alpha value is -0.120. The van der Waals surface area contributed by atoms with Crippen LogP contribution in [0.5, 0.6) is 0 Å². The molecule has 1 saturated heterocycles. The number of hydrogen-bond donors (Lipinski definition) is 1. The highest BCUT2D eigenvalue weighted by atomic mass is 16.7. The highest BCUT2D eigenvalue weighted by Crippen LogP contribution is 2.51. The first-order valence-electron chi connectivity index (χ1n) is 5.08.